The lowest BCUT2D eigenvalue weighted by Gasteiger charge is -2.29. The summed E-state index contributed by atoms with van der Waals surface area (Å²) >= 11 is 3.34. The van der Waals surface area contributed by atoms with Gasteiger partial charge in [-0.2, -0.15) is 0 Å². The topological polar surface area (TPSA) is 49.6 Å². The number of likely N-dealkylation sites (N-methyl/N-ethyl adjacent to an activating group) is 2. The van der Waals surface area contributed by atoms with Crippen LogP contribution in [0, 0.1) is 10.1 Å². The zero-order chi connectivity index (χ0) is 15.4. The van der Waals surface area contributed by atoms with Gasteiger partial charge in [-0.25, -0.2) is 0 Å². The summed E-state index contributed by atoms with van der Waals surface area (Å²) in [5, 5.41) is 11.5. The SMILES string of the molecule is CCN1CCCC1CN(C)c1ccc([N+](=O)[O-])c(CBr)c1. The maximum Gasteiger partial charge on any atom is 0.273 e. The monoisotopic (exact) mass is 355 g/mol. The molecule has 5 nitrogen and oxygen atoms in total. The van der Waals surface area contributed by atoms with Crippen molar-refractivity contribution in [3.63, 3.8) is 0 Å². The van der Waals surface area contributed by atoms with Crippen LogP contribution in [-0.2, 0) is 5.33 Å². The van der Waals surface area contributed by atoms with Crippen molar-refractivity contribution < 1.29 is 4.92 Å². The van der Waals surface area contributed by atoms with Crippen molar-refractivity contribution >= 4 is 27.3 Å². The number of hydrogen-bond donors (Lipinski definition) is 0. The molecule has 0 aliphatic carbocycles. The zero-order valence-electron chi connectivity index (χ0n) is 12.6. The van der Waals surface area contributed by atoms with Crippen LogP contribution in [0.15, 0.2) is 18.2 Å². The number of nitro benzene ring substituents is 1. The third-order valence-electron chi connectivity index (χ3n) is 4.23. The quantitative estimate of drug-likeness (QED) is 0.445. The molecule has 0 spiro atoms. The minimum absolute atomic E-state index is 0.181. The fourth-order valence-corrected chi connectivity index (χ4v) is 3.48. The van der Waals surface area contributed by atoms with E-state index in [1.807, 2.05) is 12.1 Å². The normalized spacial score (nSPS) is 18.9. The number of anilines is 1. The maximum atomic E-state index is 11.0. The molecule has 0 radical (unpaired) electrons. The summed E-state index contributed by atoms with van der Waals surface area (Å²) < 4.78 is 0. The number of nitro groups is 1. The largest absolute Gasteiger partial charge is 0.373 e. The first-order valence-electron chi connectivity index (χ1n) is 7.35. The Morgan fingerprint density at radius 3 is 2.90 bits per heavy atom. The van der Waals surface area contributed by atoms with E-state index in [0.717, 1.165) is 24.3 Å². The highest BCUT2D eigenvalue weighted by atomic mass is 79.9. The molecule has 1 saturated heterocycles. The Kier molecular flexibility index (Phi) is 5.58. The summed E-state index contributed by atoms with van der Waals surface area (Å²) in [6.07, 6.45) is 2.50. The van der Waals surface area contributed by atoms with Crippen LogP contribution >= 0.6 is 15.9 Å². The van der Waals surface area contributed by atoms with Gasteiger partial charge in [-0.05, 0) is 38.1 Å². The minimum atomic E-state index is -0.323. The Morgan fingerprint density at radius 2 is 2.29 bits per heavy atom. The average molecular weight is 356 g/mol. The summed E-state index contributed by atoms with van der Waals surface area (Å²) in [5.41, 5.74) is 1.95. The molecule has 1 aromatic carbocycles. The molecule has 6 heteroatoms. The van der Waals surface area contributed by atoms with Gasteiger partial charge >= 0.3 is 0 Å². The van der Waals surface area contributed by atoms with Crippen molar-refractivity contribution in [2.45, 2.75) is 31.1 Å². The molecule has 1 aliphatic heterocycles. The Balaban J connectivity index is 2.12. The summed E-state index contributed by atoms with van der Waals surface area (Å²) in [5.74, 6) is 0. The lowest BCUT2D eigenvalue weighted by Crippen LogP contribution is -2.38. The Bertz CT molecular complexity index is 510. The van der Waals surface area contributed by atoms with E-state index in [2.05, 4.69) is 39.7 Å². The van der Waals surface area contributed by atoms with Crippen molar-refractivity contribution in [2.24, 2.45) is 0 Å². The van der Waals surface area contributed by atoms with Crippen LogP contribution in [-0.4, -0.2) is 42.5 Å². The van der Waals surface area contributed by atoms with Crippen LogP contribution in [0.25, 0.3) is 0 Å². The van der Waals surface area contributed by atoms with Crippen molar-refractivity contribution in [2.75, 3.05) is 31.6 Å². The number of alkyl halides is 1. The molecule has 0 N–H and O–H groups in total. The molecule has 0 aromatic heterocycles. The van der Waals surface area contributed by atoms with E-state index in [-0.39, 0.29) is 10.6 Å². The second-order valence-electron chi connectivity index (χ2n) is 5.51. The molecule has 1 heterocycles. The fourth-order valence-electron chi connectivity index (χ4n) is 3.03. The number of halogens is 1. The van der Waals surface area contributed by atoms with Crippen LogP contribution in [0.1, 0.15) is 25.3 Å². The fraction of sp³-hybridized carbons (Fsp3) is 0.600. The molecule has 2 rings (SSSR count). The number of hydrogen-bond acceptors (Lipinski definition) is 4. The molecule has 0 bridgehead atoms. The predicted molar refractivity (Wildman–Crippen MR) is 89.3 cm³/mol. The van der Waals surface area contributed by atoms with Gasteiger partial charge in [-0.1, -0.05) is 22.9 Å². The van der Waals surface area contributed by atoms with Gasteiger partial charge in [0, 0.05) is 42.3 Å². The smallest absolute Gasteiger partial charge is 0.273 e. The van der Waals surface area contributed by atoms with E-state index in [1.54, 1.807) is 6.07 Å². The molecule has 1 aliphatic rings. The third-order valence-corrected chi connectivity index (χ3v) is 4.84. The zero-order valence-corrected chi connectivity index (χ0v) is 14.2. The van der Waals surface area contributed by atoms with Crippen LogP contribution in [0.2, 0.25) is 0 Å². The van der Waals surface area contributed by atoms with E-state index < -0.39 is 0 Å². The van der Waals surface area contributed by atoms with Gasteiger partial charge in [0.1, 0.15) is 0 Å². The molecular formula is C15H22BrN3O2. The number of likely N-dealkylation sites (tertiary alicyclic amines) is 1. The lowest BCUT2D eigenvalue weighted by atomic mass is 10.1. The number of benzene rings is 1. The molecule has 1 fully saturated rings. The summed E-state index contributed by atoms with van der Waals surface area (Å²) in [7, 11) is 2.06. The standard InChI is InChI=1S/C15H22BrN3O2/c1-3-18-8-4-5-14(18)11-17(2)13-6-7-15(19(20)21)12(9-13)10-16/h6-7,9,14H,3-5,8,10-11H2,1-2H3. The average Bonchev–Trinajstić information content (AvgIpc) is 2.93. The van der Waals surface area contributed by atoms with Gasteiger partial charge in [0.2, 0.25) is 0 Å². The summed E-state index contributed by atoms with van der Waals surface area (Å²) in [4.78, 5) is 15.4. The van der Waals surface area contributed by atoms with Crippen LogP contribution in [0.3, 0.4) is 0 Å². The molecule has 1 unspecified atom stereocenters. The summed E-state index contributed by atoms with van der Waals surface area (Å²) in [6, 6.07) is 5.95. The van der Waals surface area contributed by atoms with Crippen LogP contribution in [0.4, 0.5) is 11.4 Å². The molecule has 116 valence electrons. The van der Waals surface area contributed by atoms with Crippen molar-refractivity contribution in [3.8, 4) is 0 Å². The first-order chi connectivity index (χ1) is 10.1. The van der Waals surface area contributed by atoms with Crippen molar-refractivity contribution in [1.29, 1.82) is 0 Å². The van der Waals surface area contributed by atoms with E-state index in [9.17, 15) is 10.1 Å². The van der Waals surface area contributed by atoms with Crippen LogP contribution in [0.5, 0.6) is 0 Å². The van der Waals surface area contributed by atoms with Crippen molar-refractivity contribution in [3.05, 3.63) is 33.9 Å². The van der Waals surface area contributed by atoms with Gasteiger partial charge in [0.05, 0.1) is 4.92 Å². The highest BCUT2D eigenvalue weighted by Gasteiger charge is 2.24. The second kappa shape index (κ2) is 7.22. The molecule has 1 atom stereocenters. The lowest BCUT2D eigenvalue weighted by molar-refractivity contribution is -0.385. The highest BCUT2D eigenvalue weighted by molar-refractivity contribution is 9.08. The van der Waals surface area contributed by atoms with E-state index in [0.29, 0.717) is 11.4 Å². The Hall–Kier alpha value is -1.14. The first kappa shape index (κ1) is 16.2. The summed E-state index contributed by atoms with van der Waals surface area (Å²) in [6.45, 7) is 5.44. The molecule has 0 amide bonds. The Morgan fingerprint density at radius 1 is 1.52 bits per heavy atom. The van der Waals surface area contributed by atoms with E-state index in [1.165, 1.54) is 19.4 Å². The van der Waals surface area contributed by atoms with E-state index >= 15 is 0 Å². The van der Waals surface area contributed by atoms with Crippen molar-refractivity contribution in [1.82, 2.24) is 4.90 Å². The second-order valence-corrected chi connectivity index (χ2v) is 6.07. The van der Waals surface area contributed by atoms with Gasteiger partial charge in [0.15, 0.2) is 0 Å². The third kappa shape index (κ3) is 3.74. The van der Waals surface area contributed by atoms with Gasteiger partial charge in [0.25, 0.3) is 5.69 Å². The maximum absolute atomic E-state index is 11.0. The van der Waals surface area contributed by atoms with Gasteiger partial charge in [-0.15, -0.1) is 0 Å². The molecule has 1 aromatic rings. The minimum Gasteiger partial charge on any atom is -0.373 e. The van der Waals surface area contributed by atoms with Gasteiger partial charge < -0.3 is 4.90 Å². The van der Waals surface area contributed by atoms with Gasteiger partial charge in [-0.3, -0.25) is 15.0 Å². The number of rotatable bonds is 6. The molecular weight excluding hydrogens is 334 g/mol. The van der Waals surface area contributed by atoms with E-state index in [4.69, 9.17) is 0 Å². The first-order valence-corrected chi connectivity index (χ1v) is 8.47. The predicted octanol–water partition coefficient (Wildman–Crippen LogP) is 3.41. The molecule has 21 heavy (non-hydrogen) atoms. The van der Waals surface area contributed by atoms with Crippen LogP contribution < -0.4 is 4.90 Å². The number of nitrogens with zero attached hydrogens (tertiary/aromatic N) is 3. The highest BCUT2D eigenvalue weighted by Crippen LogP contribution is 2.27. The molecule has 0 saturated carbocycles. The Labute approximate surface area is 134 Å².